The predicted octanol–water partition coefficient (Wildman–Crippen LogP) is 3.80. The molecule has 2 aliphatic heterocycles. The number of anilines is 1. The van der Waals surface area contributed by atoms with Crippen LogP contribution in [0.25, 0.3) is 0 Å². The Kier molecular flexibility index (Phi) is 6.43. The number of nitrogens with zero attached hydrogens (tertiary/aromatic N) is 2. The molecule has 0 radical (unpaired) electrons. The summed E-state index contributed by atoms with van der Waals surface area (Å²) in [6, 6.07) is 5.16. The van der Waals surface area contributed by atoms with Crippen molar-refractivity contribution in [2.75, 3.05) is 25.0 Å². The van der Waals surface area contributed by atoms with Gasteiger partial charge in [0.2, 0.25) is 11.8 Å². The van der Waals surface area contributed by atoms with Gasteiger partial charge in [-0.1, -0.05) is 23.2 Å². The molecule has 0 spiro atoms. The van der Waals surface area contributed by atoms with Gasteiger partial charge >= 0.3 is 0 Å². The standard InChI is InChI=1S/C19H25Cl2N3O2/c1-13(19(26)22-14-5-6-16(20)17(21)12-14)23-10-7-15(8-11-23)24-9-3-2-4-18(24)25/h5-6,12-13,15H,2-4,7-11H2,1H3,(H,22,26). The lowest BCUT2D eigenvalue weighted by atomic mass is 9.98. The number of benzene rings is 1. The van der Waals surface area contributed by atoms with Gasteiger partial charge in [0.15, 0.2) is 0 Å². The fraction of sp³-hybridized carbons (Fsp3) is 0.579. The van der Waals surface area contributed by atoms with Crippen LogP contribution >= 0.6 is 23.2 Å². The van der Waals surface area contributed by atoms with Crippen LogP contribution in [-0.4, -0.2) is 53.3 Å². The predicted molar refractivity (Wildman–Crippen MR) is 105 cm³/mol. The van der Waals surface area contributed by atoms with Crippen LogP contribution in [0.1, 0.15) is 39.0 Å². The van der Waals surface area contributed by atoms with Crippen molar-refractivity contribution in [2.45, 2.75) is 51.1 Å². The van der Waals surface area contributed by atoms with Gasteiger partial charge in [-0.15, -0.1) is 0 Å². The Morgan fingerprint density at radius 1 is 1.15 bits per heavy atom. The Balaban J connectivity index is 1.52. The summed E-state index contributed by atoms with van der Waals surface area (Å²) < 4.78 is 0. The maximum Gasteiger partial charge on any atom is 0.241 e. The molecule has 2 amide bonds. The van der Waals surface area contributed by atoms with Crippen molar-refractivity contribution in [1.82, 2.24) is 9.80 Å². The molecule has 1 aromatic carbocycles. The largest absolute Gasteiger partial charge is 0.340 e. The molecule has 2 fully saturated rings. The van der Waals surface area contributed by atoms with E-state index in [1.54, 1.807) is 18.2 Å². The number of hydrogen-bond donors (Lipinski definition) is 1. The van der Waals surface area contributed by atoms with Gasteiger partial charge in [0.05, 0.1) is 16.1 Å². The van der Waals surface area contributed by atoms with Gasteiger partial charge in [-0.05, 0) is 50.8 Å². The number of nitrogens with one attached hydrogen (secondary N) is 1. The molecule has 0 saturated carbocycles. The van der Waals surface area contributed by atoms with Crippen LogP contribution in [0.5, 0.6) is 0 Å². The molecule has 7 heteroatoms. The molecule has 3 rings (SSSR count). The van der Waals surface area contributed by atoms with Crippen molar-refractivity contribution < 1.29 is 9.59 Å². The van der Waals surface area contributed by atoms with Crippen LogP contribution in [0.3, 0.4) is 0 Å². The number of rotatable bonds is 4. The summed E-state index contributed by atoms with van der Waals surface area (Å²) in [5.41, 5.74) is 0.644. The van der Waals surface area contributed by atoms with Gasteiger partial charge in [-0.3, -0.25) is 14.5 Å². The molecule has 1 N–H and O–H groups in total. The highest BCUT2D eigenvalue weighted by Gasteiger charge is 2.32. The maximum absolute atomic E-state index is 12.5. The molecule has 5 nitrogen and oxygen atoms in total. The Labute approximate surface area is 164 Å². The molecular weight excluding hydrogens is 373 g/mol. The highest BCUT2D eigenvalue weighted by atomic mass is 35.5. The number of likely N-dealkylation sites (tertiary alicyclic amines) is 2. The summed E-state index contributed by atoms with van der Waals surface area (Å²) in [5, 5.41) is 3.79. The Morgan fingerprint density at radius 3 is 2.54 bits per heavy atom. The third-order valence-electron chi connectivity index (χ3n) is 5.41. The van der Waals surface area contributed by atoms with E-state index in [1.807, 2.05) is 6.92 Å². The summed E-state index contributed by atoms with van der Waals surface area (Å²) in [6.45, 7) is 4.45. The zero-order valence-corrected chi connectivity index (χ0v) is 16.5. The minimum Gasteiger partial charge on any atom is -0.340 e. The molecule has 2 saturated heterocycles. The van der Waals surface area contributed by atoms with Gasteiger partial charge in [0.1, 0.15) is 0 Å². The van der Waals surface area contributed by atoms with Crippen molar-refractivity contribution in [1.29, 1.82) is 0 Å². The summed E-state index contributed by atoms with van der Waals surface area (Å²) in [5.74, 6) is 0.232. The van der Waals surface area contributed by atoms with E-state index in [1.165, 1.54) is 0 Å². The smallest absolute Gasteiger partial charge is 0.241 e. The van der Waals surface area contributed by atoms with E-state index in [9.17, 15) is 9.59 Å². The van der Waals surface area contributed by atoms with Gasteiger partial charge in [-0.25, -0.2) is 0 Å². The first-order valence-corrected chi connectivity index (χ1v) is 10.0. The number of carbonyl (C=O) groups is 2. The summed E-state index contributed by atoms with van der Waals surface area (Å²) in [6.07, 6.45) is 4.66. The molecule has 1 atom stereocenters. The number of halogens is 2. The molecule has 2 aliphatic rings. The first-order chi connectivity index (χ1) is 12.5. The van der Waals surface area contributed by atoms with Crippen LogP contribution < -0.4 is 5.32 Å². The summed E-state index contributed by atoms with van der Waals surface area (Å²) >= 11 is 11.9. The Morgan fingerprint density at radius 2 is 1.88 bits per heavy atom. The monoisotopic (exact) mass is 397 g/mol. The third kappa shape index (κ3) is 4.51. The van der Waals surface area contributed by atoms with Crippen molar-refractivity contribution >= 4 is 40.7 Å². The zero-order valence-electron chi connectivity index (χ0n) is 15.0. The highest BCUT2D eigenvalue weighted by molar-refractivity contribution is 6.42. The topological polar surface area (TPSA) is 52.7 Å². The lowest BCUT2D eigenvalue weighted by molar-refractivity contribution is -0.137. The minimum absolute atomic E-state index is 0.0594. The second-order valence-corrected chi connectivity index (χ2v) is 7.92. The van der Waals surface area contributed by atoms with Crippen molar-refractivity contribution in [3.63, 3.8) is 0 Å². The first kappa shape index (κ1) is 19.5. The Bertz CT molecular complexity index is 675. The van der Waals surface area contributed by atoms with Crippen LogP contribution in [0.15, 0.2) is 18.2 Å². The van der Waals surface area contributed by atoms with E-state index in [0.717, 1.165) is 45.3 Å². The number of piperidine rings is 2. The normalized spacial score (nSPS) is 20.9. The minimum atomic E-state index is -0.234. The quantitative estimate of drug-likeness (QED) is 0.840. The molecule has 26 heavy (non-hydrogen) atoms. The van der Waals surface area contributed by atoms with E-state index >= 15 is 0 Å². The van der Waals surface area contributed by atoms with Crippen LogP contribution in [-0.2, 0) is 9.59 Å². The summed E-state index contributed by atoms with van der Waals surface area (Å²) in [7, 11) is 0. The molecule has 0 bridgehead atoms. The number of carbonyl (C=O) groups excluding carboxylic acids is 2. The maximum atomic E-state index is 12.5. The average Bonchev–Trinajstić information content (AvgIpc) is 2.65. The fourth-order valence-corrected chi connectivity index (χ4v) is 4.08. The SMILES string of the molecule is CC(C(=O)Nc1ccc(Cl)c(Cl)c1)N1CCC(N2CCCCC2=O)CC1. The molecule has 2 heterocycles. The second-order valence-electron chi connectivity index (χ2n) is 7.11. The van der Waals surface area contributed by atoms with E-state index in [0.29, 0.717) is 34.1 Å². The summed E-state index contributed by atoms with van der Waals surface area (Å²) in [4.78, 5) is 28.9. The Hall–Kier alpha value is -1.30. The van der Waals surface area contributed by atoms with Gasteiger partial charge in [0, 0.05) is 37.8 Å². The van der Waals surface area contributed by atoms with E-state index in [2.05, 4.69) is 15.1 Å². The van der Waals surface area contributed by atoms with E-state index in [-0.39, 0.29) is 11.9 Å². The van der Waals surface area contributed by atoms with Crippen LogP contribution in [0.4, 0.5) is 5.69 Å². The van der Waals surface area contributed by atoms with E-state index < -0.39 is 0 Å². The van der Waals surface area contributed by atoms with Gasteiger partial charge < -0.3 is 10.2 Å². The molecular formula is C19H25Cl2N3O2. The molecule has 142 valence electrons. The van der Waals surface area contributed by atoms with Crippen LogP contribution in [0, 0.1) is 0 Å². The number of amides is 2. The molecule has 0 aromatic heterocycles. The number of hydrogen-bond acceptors (Lipinski definition) is 3. The molecule has 0 aliphatic carbocycles. The van der Waals surface area contributed by atoms with E-state index in [4.69, 9.17) is 23.2 Å². The highest BCUT2D eigenvalue weighted by Crippen LogP contribution is 2.26. The average molecular weight is 398 g/mol. The second kappa shape index (κ2) is 8.59. The van der Waals surface area contributed by atoms with Crippen LogP contribution in [0.2, 0.25) is 10.0 Å². The van der Waals surface area contributed by atoms with Gasteiger partial charge in [0.25, 0.3) is 0 Å². The first-order valence-electron chi connectivity index (χ1n) is 9.25. The van der Waals surface area contributed by atoms with Crippen molar-refractivity contribution in [3.8, 4) is 0 Å². The van der Waals surface area contributed by atoms with Gasteiger partial charge in [-0.2, -0.15) is 0 Å². The third-order valence-corrected chi connectivity index (χ3v) is 6.15. The zero-order chi connectivity index (χ0) is 18.7. The fourth-order valence-electron chi connectivity index (χ4n) is 3.78. The lowest BCUT2D eigenvalue weighted by Crippen LogP contribution is -2.52. The van der Waals surface area contributed by atoms with Crippen molar-refractivity contribution in [3.05, 3.63) is 28.2 Å². The molecule has 1 aromatic rings. The lowest BCUT2D eigenvalue weighted by Gasteiger charge is -2.41. The molecule has 1 unspecified atom stereocenters. The van der Waals surface area contributed by atoms with Crippen molar-refractivity contribution in [2.24, 2.45) is 0 Å².